The lowest BCUT2D eigenvalue weighted by Gasteiger charge is -2.07. The van der Waals surface area contributed by atoms with Crippen molar-refractivity contribution in [1.82, 2.24) is 9.78 Å². The number of hydrogen-bond donors (Lipinski definition) is 1. The van der Waals surface area contributed by atoms with Crippen LogP contribution < -0.4 is 5.73 Å². The Kier molecular flexibility index (Phi) is 3.02. The van der Waals surface area contributed by atoms with Crippen LogP contribution in [-0.2, 0) is 12.7 Å². The van der Waals surface area contributed by atoms with Gasteiger partial charge in [-0.1, -0.05) is 12.1 Å². The summed E-state index contributed by atoms with van der Waals surface area (Å²) in [5.74, 6) is 0. The minimum Gasteiger partial charge on any atom is -0.396 e. The smallest absolute Gasteiger partial charge is 0.396 e. The zero-order chi connectivity index (χ0) is 13.3. The average molecular weight is 255 g/mol. The standard InChI is InChI=1S/C12H12F3N3/c1-2-18-7-10(16)11(17-18)8-4-3-5-9(6-8)12(13,14)15/h3-7H,2,16H2,1H3. The summed E-state index contributed by atoms with van der Waals surface area (Å²) < 4.78 is 39.4. The topological polar surface area (TPSA) is 43.8 Å². The number of aryl methyl sites for hydroxylation is 1. The number of rotatable bonds is 2. The van der Waals surface area contributed by atoms with E-state index in [0.29, 0.717) is 23.5 Å². The number of nitrogens with two attached hydrogens (primary N) is 1. The molecule has 0 amide bonds. The number of benzene rings is 1. The quantitative estimate of drug-likeness (QED) is 0.895. The highest BCUT2D eigenvalue weighted by Crippen LogP contribution is 2.33. The van der Waals surface area contributed by atoms with Crippen LogP contribution in [-0.4, -0.2) is 9.78 Å². The highest BCUT2D eigenvalue weighted by molar-refractivity contribution is 5.72. The molecule has 1 heterocycles. The highest BCUT2D eigenvalue weighted by Gasteiger charge is 2.30. The van der Waals surface area contributed by atoms with Crippen molar-refractivity contribution in [2.24, 2.45) is 0 Å². The molecule has 0 saturated carbocycles. The Morgan fingerprint density at radius 3 is 2.61 bits per heavy atom. The third kappa shape index (κ3) is 2.32. The second-order valence-corrected chi connectivity index (χ2v) is 3.87. The molecule has 0 aliphatic heterocycles. The maximum absolute atomic E-state index is 12.6. The van der Waals surface area contributed by atoms with E-state index in [2.05, 4.69) is 5.10 Å². The van der Waals surface area contributed by atoms with E-state index in [4.69, 9.17) is 5.73 Å². The zero-order valence-corrected chi connectivity index (χ0v) is 9.70. The molecular weight excluding hydrogens is 243 g/mol. The van der Waals surface area contributed by atoms with Crippen molar-refractivity contribution < 1.29 is 13.2 Å². The fourth-order valence-corrected chi connectivity index (χ4v) is 1.67. The van der Waals surface area contributed by atoms with Crippen LogP contribution in [0.25, 0.3) is 11.3 Å². The van der Waals surface area contributed by atoms with E-state index < -0.39 is 11.7 Å². The van der Waals surface area contributed by atoms with Crippen LogP contribution in [0.2, 0.25) is 0 Å². The van der Waals surface area contributed by atoms with E-state index in [-0.39, 0.29) is 0 Å². The summed E-state index contributed by atoms with van der Waals surface area (Å²) >= 11 is 0. The van der Waals surface area contributed by atoms with Crippen LogP contribution in [0.5, 0.6) is 0 Å². The van der Waals surface area contributed by atoms with Crippen LogP contribution in [0.15, 0.2) is 30.5 Å². The summed E-state index contributed by atoms with van der Waals surface area (Å²) in [6.07, 6.45) is -2.76. The largest absolute Gasteiger partial charge is 0.416 e. The lowest BCUT2D eigenvalue weighted by Crippen LogP contribution is -2.04. The number of nitrogen functional groups attached to an aromatic ring is 1. The van der Waals surface area contributed by atoms with Gasteiger partial charge in [0.1, 0.15) is 5.69 Å². The van der Waals surface area contributed by atoms with E-state index in [1.54, 1.807) is 16.9 Å². The first-order chi connectivity index (χ1) is 8.41. The molecule has 1 aromatic carbocycles. The normalized spacial score (nSPS) is 11.8. The first kappa shape index (κ1) is 12.5. The Hall–Kier alpha value is -1.98. The number of alkyl halides is 3. The summed E-state index contributed by atoms with van der Waals surface area (Å²) in [4.78, 5) is 0. The van der Waals surface area contributed by atoms with Gasteiger partial charge in [-0.3, -0.25) is 4.68 Å². The number of hydrogen-bond acceptors (Lipinski definition) is 2. The van der Waals surface area contributed by atoms with Gasteiger partial charge in [0.05, 0.1) is 11.3 Å². The average Bonchev–Trinajstić information content (AvgIpc) is 2.70. The molecule has 2 rings (SSSR count). The van der Waals surface area contributed by atoms with Gasteiger partial charge in [-0.25, -0.2) is 0 Å². The summed E-state index contributed by atoms with van der Waals surface area (Å²) in [7, 11) is 0. The van der Waals surface area contributed by atoms with Crippen molar-refractivity contribution >= 4 is 5.69 Å². The van der Waals surface area contributed by atoms with Crippen molar-refractivity contribution in [2.75, 3.05) is 5.73 Å². The molecule has 0 bridgehead atoms. The van der Waals surface area contributed by atoms with Crippen molar-refractivity contribution in [3.05, 3.63) is 36.0 Å². The maximum Gasteiger partial charge on any atom is 0.416 e. The van der Waals surface area contributed by atoms with Crippen LogP contribution >= 0.6 is 0 Å². The van der Waals surface area contributed by atoms with Crippen molar-refractivity contribution in [3.8, 4) is 11.3 Å². The molecule has 0 fully saturated rings. The van der Waals surface area contributed by atoms with Gasteiger partial charge in [0.2, 0.25) is 0 Å². The molecule has 0 unspecified atom stereocenters. The van der Waals surface area contributed by atoms with E-state index in [1.165, 1.54) is 6.07 Å². The molecule has 18 heavy (non-hydrogen) atoms. The van der Waals surface area contributed by atoms with Crippen LogP contribution in [0.1, 0.15) is 12.5 Å². The molecular formula is C12H12F3N3. The second kappa shape index (κ2) is 4.36. The van der Waals surface area contributed by atoms with Gasteiger partial charge < -0.3 is 5.73 Å². The van der Waals surface area contributed by atoms with Gasteiger partial charge in [-0.15, -0.1) is 0 Å². The molecule has 2 aromatic rings. The van der Waals surface area contributed by atoms with E-state index in [1.807, 2.05) is 6.92 Å². The van der Waals surface area contributed by atoms with Crippen LogP contribution in [0.3, 0.4) is 0 Å². The number of halogens is 3. The molecule has 6 heteroatoms. The highest BCUT2D eigenvalue weighted by atomic mass is 19.4. The third-order valence-corrected chi connectivity index (χ3v) is 2.58. The monoisotopic (exact) mass is 255 g/mol. The predicted molar refractivity (Wildman–Crippen MR) is 62.8 cm³/mol. The zero-order valence-electron chi connectivity index (χ0n) is 9.70. The first-order valence-electron chi connectivity index (χ1n) is 5.42. The molecule has 3 nitrogen and oxygen atoms in total. The lowest BCUT2D eigenvalue weighted by atomic mass is 10.1. The van der Waals surface area contributed by atoms with Crippen molar-refractivity contribution in [3.63, 3.8) is 0 Å². The van der Waals surface area contributed by atoms with Crippen molar-refractivity contribution in [2.45, 2.75) is 19.6 Å². The summed E-state index contributed by atoms with van der Waals surface area (Å²) in [6, 6.07) is 4.99. The number of aromatic nitrogens is 2. The number of anilines is 1. The van der Waals surface area contributed by atoms with Gasteiger partial charge in [0.25, 0.3) is 0 Å². The maximum atomic E-state index is 12.6. The molecule has 1 aromatic heterocycles. The Morgan fingerprint density at radius 1 is 1.33 bits per heavy atom. The first-order valence-corrected chi connectivity index (χ1v) is 5.42. The fourth-order valence-electron chi connectivity index (χ4n) is 1.67. The minimum absolute atomic E-state index is 0.370. The summed E-state index contributed by atoms with van der Waals surface area (Å²) in [6.45, 7) is 2.49. The minimum atomic E-state index is -4.36. The summed E-state index contributed by atoms with van der Waals surface area (Å²) in [5, 5.41) is 4.15. The Morgan fingerprint density at radius 2 is 2.06 bits per heavy atom. The molecule has 0 aliphatic rings. The Bertz CT molecular complexity index is 558. The molecule has 2 N–H and O–H groups in total. The van der Waals surface area contributed by atoms with Crippen LogP contribution in [0, 0.1) is 0 Å². The van der Waals surface area contributed by atoms with Gasteiger partial charge in [0.15, 0.2) is 0 Å². The molecule has 0 atom stereocenters. The molecule has 0 aliphatic carbocycles. The molecule has 0 spiro atoms. The second-order valence-electron chi connectivity index (χ2n) is 3.87. The van der Waals surface area contributed by atoms with E-state index in [0.717, 1.165) is 12.1 Å². The van der Waals surface area contributed by atoms with Crippen LogP contribution in [0.4, 0.5) is 18.9 Å². The Labute approximate surface area is 102 Å². The SMILES string of the molecule is CCn1cc(N)c(-c2cccc(C(F)(F)F)c2)n1. The van der Waals surface area contributed by atoms with Gasteiger partial charge in [-0.05, 0) is 19.1 Å². The van der Waals surface area contributed by atoms with Gasteiger partial charge in [0, 0.05) is 18.3 Å². The Balaban J connectivity index is 2.47. The van der Waals surface area contributed by atoms with E-state index in [9.17, 15) is 13.2 Å². The fraction of sp³-hybridized carbons (Fsp3) is 0.250. The predicted octanol–water partition coefficient (Wildman–Crippen LogP) is 3.17. The van der Waals surface area contributed by atoms with Gasteiger partial charge >= 0.3 is 6.18 Å². The third-order valence-electron chi connectivity index (χ3n) is 2.58. The summed E-state index contributed by atoms with van der Waals surface area (Å²) in [5.41, 5.74) is 6.16. The van der Waals surface area contributed by atoms with Gasteiger partial charge in [-0.2, -0.15) is 18.3 Å². The molecule has 0 saturated heterocycles. The molecule has 96 valence electrons. The number of nitrogens with zero attached hydrogens (tertiary/aromatic N) is 2. The van der Waals surface area contributed by atoms with Crippen molar-refractivity contribution in [1.29, 1.82) is 0 Å². The van der Waals surface area contributed by atoms with E-state index >= 15 is 0 Å². The molecule has 0 radical (unpaired) electrons. The lowest BCUT2D eigenvalue weighted by molar-refractivity contribution is -0.137.